The molecule has 1 rings (SSSR count). The van der Waals surface area contributed by atoms with Gasteiger partial charge in [0.15, 0.2) is 0 Å². The first-order chi connectivity index (χ1) is 6.00. The SMILES string of the molecule is Cc1cc(C)c(OC(F)F)cc1O. The zero-order valence-electron chi connectivity index (χ0n) is 7.34. The third kappa shape index (κ3) is 2.31. The molecule has 0 saturated heterocycles. The summed E-state index contributed by atoms with van der Waals surface area (Å²) < 4.78 is 27.8. The Labute approximate surface area is 74.8 Å². The first-order valence-electron chi connectivity index (χ1n) is 3.75. The van der Waals surface area contributed by atoms with E-state index in [0.717, 1.165) is 0 Å². The van der Waals surface area contributed by atoms with Crippen LogP contribution in [0.15, 0.2) is 12.1 Å². The normalized spacial score (nSPS) is 10.5. The molecule has 4 heteroatoms. The van der Waals surface area contributed by atoms with E-state index in [-0.39, 0.29) is 11.5 Å². The summed E-state index contributed by atoms with van der Waals surface area (Å²) >= 11 is 0. The Kier molecular flexibility index (Phi) is 2.70. The number of aromatic hydroxyl groups is 1. The van der Waals surface area contributed by atoms with Crippen molar-refractivity contribution >= 4 is 0 Å². The van der Waals surface area contributed by atoms with Gasteiger partial charge < -0.3 is 9.84 Å². The fourth-order valence-electron chi connectivity index (χ4n) is 1.04. The first-order valence-corrected chi connectivity index (χ1v) is 3.75. The largest absolute Gasteiger partial charge is 0.508 e. The molecule has 0 atom stereocenters. The van der Waals surface area contributed by atoms with Gasteiger partial charge in [-0.25, -0.2) is 0 Å². The maximum Gasteiger partial charge on any atom is 0.387 e. The molecule has 0 saturated carbocycles. The predicted octanol–water partition coefficient (Wildman–Crippen LogP) is 2.61. The molecule has 0 aliphatic rings. The van der Waals surface area contributed by atoms with Gasteiger partial charge >= 0.3 is 6.61 Å². The summed E-state index contributed by atoms with van der Waals surface area (Å²) in [5.74, 6) is -0.0284. The van der Waals surface area contributed by atoms with Crippen LogP contribution < -0.4 is 4.74 Å². The third-order valence-electron chi connectivity index (χ3n) is 1.71. The van der Waals surface area contributed by atoms with Crippen molar-refractivity contribution in [3.63, 3.8) is 0 Å². The molecule has 0 radical (unpaired) electrons. The summed E-state index contributed by atoms with van der Waals surface area (Å²) in [6, 6.07) is 2.78. The van der Waals surface area contributed by atoms with Crippen LogP contribution in [0.4, 0.5) is 8.78 Å². The number of phenols is 1. The Morgan fingerprint density at radius 2 is 1.85 bits per heavy atom. The minimum atomic E-state index is -2.86. The Morgan fingerprint density at radius 3 is 2.38 bits per heavy atom. The van der Waals surface area contributed by atoms with E-state index in [4.69, 9.17) is 0 Å². The van der Waals surface area contributed by atoms with Gasteiger partial charge in [-0.15, -0.1) is 0 Å². The van der Waals surface area contributed by atoms with E-state index >= 15 is 0 Å². The number of hydrogen-bond donors (Lipinski definition) is 1. The van der Waals surface area contributed by atoms with Gasteiger partial charge in [-0.2, -0.15) is 8.78 Å². The molecule has 1 aromatic rings. The lowest BCUT2D eigenvalue weighted by molar-refractivity contribution is -0.0503. The minimum absolute atomic E-state index is 0.0121. The van der Waals surface area contributed by atoms with Crippen molar-refractivity contribution in [3.8, 4) is 11.5 Å². The second-order valence-electron chi connectivity index (χ2n) is 2.78. The molecular weight excluding hydrogens is 178 g/mol. The molecule has 2 nitrogen and oxygen atoms in total. The van der Waals surface area contributed by atoms with Gasteiger partial charge in [0.1, 0.15) is 11.5 Å². The average Bonchev–Trinajstić information content (AvgIpc) is 1.99. The van der Waals surface area contributed by atoms with Crippen LogP contribution >= 0.6 is 0 Å². The minimum Gasteiger partial charge on any atom is -0.508 e. The Hall–Kier alpha value is -1.32. The molecule has 1 aromatic carbocycles. The molecule has 1 N–H and O–H groups in total. The maximum absolute atomic E-state index is 11.8. The lowest BCUT2D eigenvalue weighted by Crippen LogP contribution is -2.03. The van der Waals surface area contributed by atoms with Gasteiger partial charge in [0.05, 0.1) is 0 Å². The van der Waals surface area contributed by atoms with Crippen LogP contribution in [0.1, 0.15) is 11.1 Å². The van der Waals surface area contributed by atoms with E-state index in [9.17, 15) is 13.9 Å². The van der Waals surface area contributed by atoms with Crippen molar-refractivity contribution in [2.45, 2.75) is 20.5 Å². The van der Waals surface area contributed by atoms with Gasteiger partial charge in [0.25, 0.3) is 0 Å². The van der Waals surface area contributed by atoms with Crippen LogP contribution in [0, 0.1) is 13.8 Å². The first kappa shape index (κ1) is 9.77. The fraction of sp³-hybridized carbons (Fsp3) is 0.333. The zero-order chi connectivity index (χ0) is 10.0. The molecule has 0 amide bonds. The highest BCUT2D eigenvalue weighted by Gasteiger charge is 2.09. The van der Waals surface area contributed by atoms with E-state index in [1.165, 1.54) is 6.07 Å². The van der Waals surface area contributed by atoms with Gasteiger partial charge in [0.2, 0.25) is 0 Å². The number of benzene rings is 1. The number of ether oxygens (including phenoxy) is 1. The summed E-state index contributed by atoms with van der Waals surface area (Å²) in [6.45, 7) is 0.472. The maximum atomic E-state index is 11.8. The molecular formula is C9H10F2O2. The number of phenolic OH excluding ortho intramolecular Hbond substituents is 1. The van der Waals surface area contributed by atoms with Crippen molar-refractivity contribution < 1.29 is 18.6 Å². The number of hydrogen-bond acceptors (Lipinski definition) is 2. The highest BCUT2D eigenvalue weighted by atomic mass is 19.3. The number of halogens is 2. The fourth-order valence-corrected chi connectivity index (χ4v) is 1.04. The highest BCUT2D eigenvalue weighted by molar-refractivity contribution is 5.44. The molecule has 0 aliphatic heterocycles. The topological polar surface area (TPSA) is 29.5 Å². The number of rotatable bonds is 2. The quantitative estimate of drug-likeness (QED) is 0.772. The highest BCUT2D eigenvalue weighted by Crippen LogP contribution is 2.28. The van der Waals surface area contributed by atoms with Gasteiger partial charge in [-0.3, -0.25) is 0 Å². The van der Waals surface area contributed by atoms with Crippen LogP contribution in [-0.2, 0) is 0 Å². The molecule has 0 spiro atoms. The molecule has 0 aliphatic carbocycles. The van der Waals surface area contributed by atoms with Crippen LogP contribution in [0.25, 0.3) is 0 Å². The number of aryl methyl sites for hydroxylation is 2. The third-order valence-corrected chi connectivity index (χ3v) is 1.71. The van der Waals surface area contributed by atoms with Crippen LogP contribution in [0.2, 0.25) is 0 Å². The van der Waals surface area contributed by atoms with E-state index in [0.29, 0.717) is 11.1 Å². The summed E-state index contributed by atoms with van der Waals surface area (Å²) in [7, 11) is 0. The second kappa shape index (κ2) is 3.60. The van der Waals surface area contributed by atoms with E-state index in [1.54, 1.807) is 19.9 Å². The lowest BCUT2D eigenvalue weighted by atomic mass is 10.1. The standard InChI is InChI=1S/C9H10F2O2/c1-5-3-6(2)8(4-7(5)12)13-9(10)11/h3-4,9,12H,1-2H3. The molecule has 0 aromatic heterocycles. The van der Waals surface area contributed by atoms with Crippen LogP contribution in [-0.4, -0.2) is 11.7 Å². The van der Waals surface area contributed by atoms with Crippen LogP contribution in [0.3, 0.4) is 0 Å². The summed E-state index contributed by atoms with van der Waals surface area (Å²) in [4.78, 5) is 0. The molecule has 13 heavy (non-hydrogen) atoms. The monoisotopic (exact) mass is 188 g/mol. The number of alkyl halides is 2. The Morgan fingerprint density at radius 1 is 1.23 bits per heavy atom. The Balaban J connectivity index is 3.01. The van der Waals surface area contributed by atoms with Crippen molar-refractivity contribution in [3.05, 3.63) is 23.3 Å². The van der Waals surface area contributed by atoms with Gasteiger partial charge in [-0.05, 0) is 31.0 Å². The molecule has 0 heterocycles. The van der Waals surface area contributed by atoms with Gasteiger partial charge in [0, 0.05) is 6.07 Å². The lowest BCUT2D eigenvalue weighted by Gasteiger charge is -2.09. The molecule has 0 fully saturated rings. The molecule has 0 unspecified atom stereocenters. The van der Waals surface area contributed by atoms with Crippen LogP contribution in [0.5, 0.6) is 11.5 Å². The molecule has 0 bridgehead atoms. The Bertz CT molecular complexity index is 311. The summed E-state index contributed by atoms with van der Waals surface area (Å²) in [5, 5.41) is 9.21. The average molecular weight is 188 g/mol. The van der Waals surface area contributed by atoms with Crippen molar-refractivity contribution in [1.82, 2.24) is 0 Å². The smallest absolute Gasteiger partial charge is 0.387 e. The summed E-state index contributed by atoms with van der Waals surface area (Å²) in [5.41, 5.74) is 1.22. The second-order valence-corrected chi connectivity index (χ2v) is 2.78. The van der Waals surface area contributed by atoms with E-state index < -0.39 is 6.61 Å². The van der Waals surface area contributed by atoms with E-state index in [2.05, 4.69) is 4.74 Å². The summed E-state index contributed by atoms with van der Waals surface area (Å²) in [6.07, 6.45) is 0. The van der Waals surface area contributed by atoms with E-state index in [1.807, 2.05) is 0 Å². The van der Waals surface area contributed by atoms with Gasteiger partial charge in [-0.1, -0.05) is 0 Å². The molecule has 72 valence electrons. The van der Waals surface area contributed by atoms with Crippen molar-refractivity contribution in [2.24, 2.45) is 0 Å². The predicted molar refractivity (Wildman–Crippen MR) is 44.2 cm³/mol. The zero-order valence-corrected chi connectivity index (χ0v) is 7.34. The van der Waals surface area contributed by atoms with Crippen molar-refractivity contribution in [2.75, 3.05) is 0 Å². The van der Waals surface area contributed by atoms with Crippen molar-refractivity contribution in [1.29, 1.82) is 0 Å².